The molecule has 1 saturated heterocycles. The van der Waals surface area contributed by atoms with Gasteiger partial charge in [0.05, 0.1) is 0 Å². The summed E-state index contributed by atoms with van der Waals surface area (Å²) in [6, 6.07) is 2.04. The summed E-state index contributed by atoms with van der Waals surface area (Å²) in [7, 11) is 0. The number of anilines is 1. The van der Waals surface area contributed by atoms with Gasteiger partial charge in [-0.15, -0.1) is 0 Å². The second-order valence-electron chi connectivity index (χ2n) is 3.35. The molecular formula is C9H9ClN4OS. The molecule has 1 aliphatic heterocycles. The lowest BCUT2D eigenvalue weighted by Crippen LogP contribution is -2.28. The molecule has 1 aromatic heterocycles. The molecule has 84 valence electrons. The molecule has 0 spiro atoms. The maximum atomic E-state index is 11.2. The molecule has 7 heteroatoms. The van der Waals surface area contributed by atoms with Crippen LogP contribution in [0, 0.1) is 11.3 Å². The van der Waals surface area contributed by atoms with Gasteiger partial charge < -0.3 is 10.2 Å². The Bertz CT molecular complexity index is 453. The Labute approximate surface area is 102 Å². The summed E-state index contributed by atoms with van der Waals surface area (Å²) in [6.07, 6.45) is 0.431. The summed E-state index contributed by atoms with van der Waals surface area (Å²) in [5, 5.41) is 12.7. The fraction of sp³-hybridized carbons (Fsp3) is 0.444. The number of carbonyl (C=O) groups excluding carboxylic acids is 1. The summed E-state index contributed by atoms with van der Waals surface area (Å²) in [4.78, 5) is 13.2. The number of halogens is 1. The Morgan fingerprint density at radius 1 is 1.56 bits per heavy atom. The van der Waals surface area contributed by atoms with Crippen LogP contribution in [0.25, 0.3) is 0 Å². The van der Waals surface area contributed by atoms with Crippen LogP contribution in [-0.2, 0) is 4.79 Å². The van der Waals surface area contributed by atoms with Crippen LogP contribution < -0.4 is 10.2 Å². The van der Waals surface area contributed by atoms with Crippen LogP contribution in [0.4, 0.5) is 5.00 Å². The molecule has 0 radical (unpaired) electrons. The van der Waals surface area contributed by atoms with Gasteiger partial charge in [-0.05, 0) is 11.5 Å². The second-order valence-corrected chi connectivity index (χ2v) is 4.46. The average molecular weight is 257 g/mol. The zero-order valence-corrected chi connectivity index (χ0v) is 9.94. The van der Waals surface area contributed by atoms with E-state index in [1.807, 2.05) is 11.0 Å². The van der Waals surface area contributed by atoms with E-state index in [-0.39, 0.29) is 11.1 Å². The lowest BCUT2D eigenvalue weighted by Gasteiger charge is -2.19. The van der Waals surface area contributed by atoms with Crippen molar-refractivity contribution < 1.29 is 4.79 Å². The highest BCUT2D eigenvalue weighted by atomic mass is 35.5. The number of nitrogens with one attached hydrogen (secondary N) is 1. The van der Waals surface area contributed by atoms with Gasteiger partial charge in [0.25, 0.3) is 0 Å². The SMILES string of the molecule is N#Cc1c(Cl)nsc1N1CCNC(=O)CC1. The van der Waals surface area contributed by atoms with Gasteiger partial charge in [-0.1, -0.05) is 11.6 Å². The second kappa shape index (κ2) is 4.68. The number of nitrogens with zero attached hydrogens (tertiary/aromatic N) is 3. The maximum Gasteiger partial charge on any atom is 0.221 e. The first-order valence-electron chi connectivity index (χ1n) is 4.79. The number of carbonyl (C=O) groups is 1. The standard InChI is InChI=1S/C9H9ClN4OS/c10-8-6(5-11)9(16-13-8)14-3-1-7(15)12-2-4-14/h1-4H2,(H,12,15). The lowest BCUT2D eigenvalue weighted by atomic mass is 10.3. The molecule has 0 aromatic carbocycles. The Kier molecular flexibility index (Phi) is 3.27. The summed E-state index contributed by atoms with van der Waals surface area (Å²) < 4.78 is 3.95. The molecule has 1 fully saturated rings. The van der Waals surface area contributed by atoms with E-state index in [9.17, 15) is 4.79 Å². The van der Waals surface area contributed by atoms with Crippen molar-refractivity contribution >= 4 is 34.0 Å². The van der Waals surface area contributed by atoms with Gasteiger partial charge in [0, 0.05) is 26.1 Å². The van der Waals surface area contributed by atoms with Gasteiger partial charge >= 0.3 is 0 Å². The van der Waals surface area contributed by atoms with E-state index in [0.29, 0.717) is 31.6 Å². The van der Waals surface area contributed by atoms with E-state index in [1.54, 1.807) is 0 Å². The monoisotopic (exact) mass is 256 g/mol. The van der Waals surface area contributed by atoms with Crippen molar-refractivity contribution in [2.24, 2.45) is 0 Å². The summed E-state index contributed by atoms with van der Waals surface area (Å²) in [5.41, 5.74) is 0.404. The van der Waals surface area contributed by atoms with Gasteiger partial charge in [0.15, 0.2) is 5.15 Å². The average Bonchev–Trinajstić information content (AvgIpc) is 2.50. The van der Waals surface area contributed by atoms with E-state index in [1.165, 1.54) is 11.5 Å². The van der Waals surface area contributed by atoms with Gasteiger partial charge in [0.1, 0.15) is 16.6 Å². The van der Waals surface area contributed by atoms with Crippen molar-refractivity contribution in [3.05, 3.63) is 10.7 Å². The summed E-state index contributed by atoms with van der Waals surface area (Å²) in [5.74, 6) is 0.0385. The fourth-order valence-corrected chi connectivity index (χ4v) is 2.62. The Morgan fingerprint density at radius 2 is 2.38 bits per heavy atom. The molecule has 0 bridgehead atoms. The zero-order chi connectivity index (χ0) is 11.5. The Hall–Kier alpha value is -1.32. The molecule has 0 saturated carbocycles. The van der Waals surface area contributed by atoms with Crippen molar-refractivity contribution in [3.63, 3.8) is 0 Å². The van der Waals surface area contributed by atoms with Crippen molar-refractivity contribution in [3.8, 4) is 6.07 Å². The third kappa shape index (κ3) is 2.10. The van der Waals surface area contributed by atoms with Crippen molar-refractivity contribution in [2.75, 3.05) is 24.5 Å². The Morgan fingerprint density at radius 3 is 3.12 bits per heavy atom. The summed E-state index contributed by atoms with van der Waals surface area (Å²) >= 11 is 7.00. The van der Waals surface area contributed by atoms with Crippen LogP contribution in [0.1, 0.15) is 12.0 Å². The molecule has 0 unspecified atom stereocenters. The van der Waals surface area contributed by atoms with Gasteiger partial charge in [0.2, 0.25) is 5.91 Å². The minimum absolute atomic E-state index is 0.0385. The smallest absolute Gasteiger partial charge is 0.221 e. The predicted octanol–water partition coefficient (Wildman–Crippen LogP) is 0.994. The van der Waals surface area contributed by atoms with E-state index >= 15 is 0 Å². The number of rotatable bonds is 1. The first kappa shape index (κ1) is 11.2. The summed E-state index contributed by atoms with van der Waals surface area (Å²) in [6.45, 7) is 1.86. The first-order chi connectivity index (χ1) is 7.72. The van der Waals surface area contributed by atoms with E-state index < -0.39 is 0 Å². The highest BCUT2D eigenvalue weighted by Crippen LogP contribution is 2.31. The minimum atomic E-state index is 0.0385. The molecule has 1 N–H and O–H groups in total. The predicted molar refractivity (Wildman–Crippen MR) is 61.7 cm³/mol. The minimum Gasteiger partial charge on any atom is -0.359 e. The van der Waals surface area contributed by atoms with Crippen molar-refractivity contribution in [1.29, 1.82) is 5.26 Å². The third-order valence-electron chi connectivity index (χ3n) is 2.34. The van der Waals surface area contributed by atoms with Crippen molar-refractivity contribution in [1.82, 2.24) is 9.69 Å². The van der Waals surface area contributed by atoms with Crippen LogP contribution in [0.15, 0.2) is 0 Å². The molecule has 0 atom stereocenters. The normalized spacial score (nSPS) is 16.5. The van der Waals surface area contributed by atoms with Crippen LogP contribution in [0.5, 0.6) is 0 Å². The lowest BCUT2D eigenvalue weighted by molar-refractivity contribution is -0.120. The first-order valence-corrected chi connectivity index (χ1v) is 5.94. The molecule has 5 nitrogen and oxygen atoms in total. The van der Waals surface area contributed by atoms with Gasteiger partial charge in [-0.2, -0.15) is 9.64 Å². The quantitative estimate of drug-likeness (QED) is 0.814. The van der Waals surface area contributed by atoms with Gasteiger partial charge in [-0.25, -0.2) is 0 Å². The topological polar surface area (TPSA) is 69.0 Å². The fourth-order valence-electron chi connectivity index (χ4n) is 1.54. The van der Waals surface area contributed by atoms with Crippen LogP contribution in [0.2, 0.25) is 5.15 Å². The number of nitriles is 1. The maximum absolute atomic E-state index is 11.2. The van der Waals surface area contributed by atoms with Gasteiger partial charge in [-0.3, -0.25) is 4.79 Å². The highest BCUT2D eigenvalue weighted by molar-refractivity contribution is 7.10. The third-order valence-corrected chi connectivity index (χ3v) is 3.63. The van der Waals surface area contributed by atoms with Crippen LogP contribution in [0.3, 0.4) is 0 Å². The molecular weight excluding hydrogens is 248 g/mol. The highest BCUT2D eigenvalue weighted by Gasteiger charge is 2.20. The largest absolute Gasteiger partial charge is 0.359 e. The van der Waals surface area contributed by atoms with E-state index in [4.69, 9.17) is 16.9 Å². The zero-order valence-electron chi connectivity index (χ0n) is 8.36. The molecule has 0 aliphatic carbocycles. The van der Waals surface area contributed by atoms with E-state index in [0.717, 1.165) is 5.00 Å². The van der Waals surface area contributed by atoms with Crippen LogP contribution >= 0.6 is 23.1 Å². The number of amides is 1. The Balaban J connectivity index is 2.23. The van der Waals surface area contributed by atoms with Crippen molar-refractivity contribution in [2.45, 2.75) is 6.42 Å². The molecule has 1 aromatic rings. The number of hydrogen-bond acceptors (Lipinski definition) is 5. The molecule has 1 aliphatic rings. The molecule has 2 rings (SSSR count). The van der Waals surface area contributed by atoms with E-state index in [2.05, 4.69) is 9.69 Å². The number of hydrogen-bond donors (Lipinski definition) is 1. The molecule has 1 amide bonds. The molecule has 16 heavy (non-hydrogen) atoms. The number of aromatic nitrogens is 1. The van der Waals surface area contributed by atoms with Crippen LogP contribution in [-0.4, -0.2) is 29.9 Å². The molecule has 2 heterocycles.